The minimum Gasteiger partial charge on any atom is -0.507 e. The van der Waals surface area contributed by atoms with E-state index in [9.17, 15) is 19.5 Å². The lowest BCUT2D eigenvalue weighted by atomic mass is 10.1. The number of aryl methyl sites for hydroxylation is 1. The minimum absolute atomic E-state index is 0.0148. The van der Waals surface area contributed by atoms with Crippen LogP contribution in [0.2, 0.25) is 10.0 Å². The van der Waals surface area contributed by atoms with Gasteiger partial charge in [-0.2, -0.15) is 0 Å². The summed E-state index contributed by atoms with van der Waals surface area (Å²) in [4.78, 5) is 39.6. The normalized spacial score (nSPS) is 14.4. The number of imide groups is 1. The van der Waals surface area contributed by atoms with Gasteiger partial charge in [-0.15, -0.1) is 0 Å². The van der Waals surface area contributed by atoms with Crippen LogP contribution < -0.4 is 10.1 Å². The second-order valence-electron chi connectivity index (χ2n) is 7.93. The number of phenols is 1. The van der Waals surface area contributed by atoms with E-state index in [2.05, 4.69) is 5.32 Å². The number of phenolic OH excluding ortho intramolecular Hbond substituents is 1. The number of halogens is 2. The molecular formula is C26H20Cl2N2O5S. The first kappa shape index (κ1) is 25.6. The van der Waals surface area contributed by atoms with Gasteiger partial charge in [0.05, 0.1) is 34.2 Å². The monoisotopic (exact) mass is 542 g/mol. The van der Waals surface area contributed by atoms with Crippen LogP contribution in [0.1, 0.15) is 27.0 Å². The first-order chi connectivity index (χ1) is 17.2. The number of carbonyl (C=O) groups excluding carboxylic acids is 3. The van der Waals surface area contributed by atoms with E-state index in [1.54, 1.807) is 42.5 Å². The number of aromatic hydroxyl groups is 1. The average Bonchev–Trinajstić information content (AvgIpc) is 3.11. The molecule has 0 saturated carbocycles. The van der Waals surface area contributed by atoms with Crippen molar-refractivity contribution in [2.45, 2.75) is 13.5 Å². The number of carbonyl (C=O) groups is 3. The Morgan fingerprint density at radius 3 is 2.58 bits per heavy atom. The summed E-state index contributed by atoms with van der Waals surface area (Å²) in [6.45, 7) is 1.88. The molecular weight excluding hydrogens is 523 g/mol. The van der Waals surface area contributed by atoms with Gasteiger partial charge in [0.25, 0.3) is 17.1 Å². The summed E-state index contributed by atoms with van der Waals surface area (Å²) in [5, 5.41) is 13.3. The Hall–Kier alpha value is -3.46. The Balaban J connectivity index is 1.55. The van der Waals surface area contributed by atoms with E-state index in [0.29, 0.717) is 32.6 Å². The van der Waals surface area contributed by atoms with Gasteiger partial charge in [0.1, 0.15) is 11.5 Å². The van der Waals surface area contributed by atoms with E-state index in [4.69, 9.17) is 27.9 Å². The lowest BCUT2D eigenvalue weighted by Crippen LogP contribution is -2.27. The Bertz CT molecular complexity index is 1420. The molecule has 0 aromatic heterocycles. The van der Waals surface area contributed by atoms with Crippen molar-refractivity contribution in [3.63, 3.8) is 0 Å². The van der Waals surface area contributed by atoms with Crippen LogP contribution in [0.15, 0.2) is 59.5 Å². The molecule has 1 saturated heterocycles. The summed E-state index contributed by atoms with van der Waals surface area (Å²) in [5.74, 6) is -0.655. The van der Waals surface area contributed by atoms with E-state index in [0.717, 1.165) is 22.2 Å². The highest BCUT2D eigenvalue weighted by atomic mass is 35.5. The fourth-order valence-corrected chi connectivity index (χ4v) is 4.64. The number of methoxy groups -OCH3 is 1. The molecule has 10 heteroatoms. The van der Waals surface area contributed by atoms with Crippen LogP contribution in [0.5, 0.6) is 11.5 Å². The molecule has 0 spiro atoms. The summed E-state index contributed by atoms with van der Waals surface area (Å²) < 4.78 is 5.20. The molecule has 184 valence electrons. The van der Waals surface area contributed by atoms with Gasteiger partial charge < -0.3 is 15.2 Å². The Morgan fingerprint density at radius 1 is 1.08 bits per heavy atom. The molecule has 0 aliphatic carbocycles. The first-order valence-electron chi connectivity index (χ1n) is 10.6. The zero-order chi connectivity index (χ0) is 26.0. The number of nitrogens with one attached hydrogen (secondary N) is 1. The zero-order valence-electron chi connectivity index (χ0n) is 19.2. The van der Waals surface area contributed by atoms with E-state index < -0.39 is 17.1 Å². The molecule has 3 aromatic carbocycles. The number of hydrogen-bond donors (Lipinski definition) is 2. The number of thioether (sulfide) groups is 1. The highest BCUT2D eigenvalue weighted by Gasteiger charge is 2.35. The summed E-state index contributed by atoms with van der Waals surface area (Å²) >= 11 is 12.8. The molecule has 2 N–H and O–H groups in total. The van der Waals surface area contributed by atoms with Crippen LogP contribution >= 0.6 is 35.0 Å². The fraction of sp³-hybridized carbons (Fsp3) is 0.115. The van der Waals surface area contributed by atoms with Crippen molar-refractivity contribution in [3.8, 4) is 11.5 Å². The van der Waals surface area contributed by atoms with Gasteiger partial charge in [0.15, 0.2) is 0 Å². The predicted molar refractivity (Wildman–Crippen MR) is 142 cm³/mol. The number of hydrogen-bond acceptors (Lipinski definition) is 6. The fourth-order valence-electron chi connectivity index (χ4n) is 3.49. The summed E-state index contributed by atoms with van der Waals surface area (Å²) in [5.41, 5.74) is 2.49. The molecule has 3 amide bonds. The van der Waals surface area contributed by atoms with Crippen molar-refractivity contribution in [2.75, 3.05) is 12.4 Å². The van der Waals surface area contributed by atoms with Crippen LogP contribution in [0.4, 0.5) is 10.5 Å². The molecule has 7 nitrogen and oxygen atoms in total. The number of anilines is 1. The Labute approximate surface area is 221 Å². The third-order valence-electron chi connectivity index (χ3n) is 5.45. The molecule has 0 bridgehead atoms. The van der Waals surface area contributed by atoms with Gasteiger partial charge >= 0.3 is 0 Å². The maximum absolute atomic E-state index is 12.9. The first-order valence-corrected chi connectivity index (χ1v) is 12.2. The highest BCUT2D eigenvalue weighted by molar-refractivity contribution is 8.18. The highest BCUT2D eigenvalue weighted by Crippen LogP contribution is 2.35. The van der Waals surface area contributed by atoms with Crippen LogP contribution in [0.25, 0.3) is 6.08 Å². The van der Waals surface area contributed by atoms with Crippen molar-refractivity contribution < 1.29 is 24.2 Å². The van der Waals surface area contributed by atoms with Crippen molar-refractivity contribution in [3.05, 3.63) is 91.8 Å². The smallest absolute Gasteiger partial charge is 0.293 e. The number of benzene rings is 3. The molecule has 3 aromatic rings. The molecule has 0 atom stereocenters. The standard InChI is InChI=1S/C26H20Cl2N2O5S/c1-14-3-6-17(35-2)12-21(14)29-24(32)18-9-15(5-8-22(18)31)11-23-25(33)30(26(34)36-23)13-16-4-7-19(27)20(28)10-16/h3-12,31H,13H2,1-2H3,(H,29,32). The van der Waals surface area contributed by atoms with E-state index in [1.807, 2.05) is 6.92 Å². The lowest BCUT2D eigenvalue weighted by Gasteiger charge is -2.13. The molecule has 1 fully saturated rings. The third-order valence-corrected chi connectivity index (χ3v) is 7.10. The van der Waals surface area contributed by atoms with Gasteiger partial charge in [0.2, 0.25) is 0 Å². The maximum Gasteiger partial charge on any atom is 0.293 e. The van der Waals surface area contributed by atoms with Crippen molar-refractivity contribution >= 4 is 63.8 Å². The number of amides is 3. The summed E-state index contributed by atoms with van der Waals surface area (Å²) in [6.07, 6.45) is 1.51. The minimum atomic E-state index is -0.535. The second-order valence-corrected chi connectivity index (χ2v) is 9.74. The number of rotatable bonds is 6. The molecule has 4 rings (SSSR count). The van der Waals surface area contributed by atoms with Crippen LogP contribution in [-0.2, 0) is 11.3 Å². The van der Waals surface area contributed by atoms with Crippen molar-refractivity contribution in [1.82, 2.24) is 4.90 Å². The van der Waals surface area contributed by atoms with Gasteiger partial charge in [0, 0.05) is 11.8 Å². The van der Waals surface area contributed by atoms with E-state index >= 15 is 0 Å². The van der Waals surface area contributed by atoms with Crippen molar-refractivity contribution in [1.29, 1.82) is 0 Å². The molecule has 1 aliphatic rings. The van der Waals surface area contributed by atoms with E-state index in [-0.39, 0.29) is 22.8 Å². The van der Waals surface area contributed by atoms with Gasteiger partial charge in [-0.3, -0.25) is 19.3 Å². The predicted octanol–water partition coefficient (Wildman–Crippen LogP) is 6.50. The SMILES string of the molecule is COc1ccc(C)c(NC(=O)c2cc(C=C3SC(=O)N(Cc4ccc(Cl)c(Cl)c4)C3=O)ccc2O)c1. The largest absolute Gasteiger partial charge is 0.507 e. The number of nitrogens with zero attached hydrogens (tertiary/aromatic N) is 1. The van der Waals surface area contributed by atoms with Gasteiger partial charge in [-0.1, -0.05) is 41.4 Å². The molecule has 36 heavy (non-hydrogen) atoms. The summed E-state index contributed by atoms with van der Waals surface area (Å²) in [6, 6.07) is 14.5. The van der Waals surface area contributed by atoms with Gasteiger partial charge in [-0.25, -0.2) is 0 Å². The number of ether oxygens (including phenoxy) is 1. The average molecular weight is 543 g/mol. The van der Waals surface area contributed by atoms with Crippen LogP contribution in [0, 0.1) is 6.92 Å². The molecule has 0 unspecified atom stereocenters. The summed E-state index contributed by atoms with van der Waals surface area (Å²) in [7, 11) is 1.53. The zero-order valence-corrected chi connectivity index (χ0v) is 21.5. The maximum atomic E-state index is 12.9. The molecule has 1 heterocycles. The topological polar surface area (TPSA) is 95.9 Å². The molecule has 1 aliphatic heterocycles. The third kappa shape index (κ3) is 5.51. The Morgan fingerprint density at radius 2 is 1.86 bits per heavy atom. The van der Waals surface area contributed by atoms with Crippen LogP contribution in [-0.4, -0.2) is 34.2 Å². The second kappa shape index (κ2) is 10.7. The van der Waals surface area contributed by atoms with E-state index in [1.165, 1.54) is 25.3 Å². The quantitative estimate of drug-likeness (QED) is 0.345. The van der Waals surface area contributed by atoms with Crippen LogP contribution in [0.3, 0.4) is 0 Å². The Kier molecular flexibility index (Phi) is 7.59. The molecule has 0 radical (unpaired) electrons. The van der Waals surface area contributed by atoms with Gasteiger partial charge in [-0.05, 0) is 71.8 Å². The lowest BCUT2D eigenvalue weighted by molar-refractivity contribution is -0.123. The van der Waals surface area contributed by atoms with Crippen molar-refractivity contribution in [2.24, 2.45) is 0 Å².